The Morgan fingerprint density at radius 1 is 1.11 bits per heavy atom. The van der Waals surface area contributed by atoms with Crippen LogP contribution in [0, 0.1) is 6.92 Å². The number of nitrogens with zero attached hydrogens (tertiary/aromatic N) is 1. The molecule has 2 aromatic heterocycles. The Hall–Kier alpha value is -2.71. The predicted molar refractivity (Wildman–Crippen MR) is 113 cm³/mol. The van der Waals surface area contributed by atoms with Crippen LogP contribution in [0.15, 0.2) is 42.5 Å². The van der Waals surface area contributed by atoms with E-state index in [1.165, 1.54) is 18.3 Å². The van der Waals surface area contributed by atoms with Crippen molar-refractivity contribution < 1.29 is 14.3 Å². The van der Waals surface area contributed by atoms with E-state index < -0.39 is 0 Å². The van der Waals surface area contributed by atoms with Gasteiger partial charge in [-0.3, -0.25) is 9.59 Å². The van der Waals surface area contributed by atoms with Crippen molar-refractivity contribution in [2.75, 3.05) is 11.9 Å². The maximum absolute atomic E-state index is 12.2. The first-order chi connectivity index (χ1) is 13.5. The normalized spacial score (nSPS) is 10.5. The van der Waals surface area contributed by atoms with Gasteiger partial charge in [-0.25, -0.2) is 4.98 Å². The summed E-state index contributed by atoms with van der Waals surface area (Å²) in [6.07, 6.45) is 0.253. The fourth-order valence-electron chi connectivity index (χ4n) is 2.45. The molecule has 0 aliphatic heterocycles. The zero-order chi connectivity index (χ0) is 19.9. The lowest BCUT2D eigenvalue weighted by Gasteiger charge is -2.05. The lowest BCUT2D eigenvalue weighted by molar-refractivity contribution is -0.119. The lowest BCUT2D eigenvalue weighted by Crippen LogP contribution is -2.17. The van der Waals surface area contributed by atoms with Gasteiger partial charge < -0.3 is 15.4 Å². The quantitative estimate of drug-likeness (QED) is 0.577. The molecule has 28 heavy (non-hydrogen) atoms. The van der Waals surface area contributed by atoms with Crippen molar-refractivity contribution in [3.05, 3.63) is 52.2 Å². The van der Waals surface area contributed by atoms with Gasteiger partial charge in [-0.05, 0) is 31.2 Å². The molecule has 0 aliphatic carbocycles. The second-order valence-electron chi connectivity index (χ2n) is 6.06. The molecular formula is C20H21N3O3S2. The number of carbonyl (C=O) groups is 2. The standard InChI is InChI=1S/C20H21N3O3S2/c1-13-19(17-9-8-16(28-17)12-21-14(2)24)23-20(27-13)22-18(25)10-11-26-15-6-4-3-5-7-15/h3-9H,10-12H2,1-2H3,(H,21,24)(H,22,23,25). The topological polar surface area (TPSA) is 80.3 Å². The number of anilines is 1. The third-order valence-electron chi connectivity index (χ3n) is 3.79. The Labute approximate surface area is 171 Å². The van der Waals surface area contributed by atoms with Crippen LogP contribution in [0.1, 0.15) is 23.1 Å². The molecule has 0 unspecified atom stereocenters. The van der Waals surface area contributed by atoms with Gasteiger partial charge in [-0.15, -0.1) is 22.7 Å². The zero-order valence-electron chi connectivity index (χ0n) is 15.7. The second-order valence-corrected chi connectivity index (χ2v) is 8.43. The Morgan fingerprint density at radius 3 is 2.64 bits per heavy atom. The fraction of sp³-hybridized carbons (Fsp3) is 0.250. The van der Waals surface area contributed by atoms with Crippen molar-refractivity contribution in [2.24, 2.45) is 0 Å². The molecule has 3 rings (SSSR count). The van der Waals surface area contributed by atoms with E-state index >= 15 is 0 Å². The van der Waals surface area contributed by atoms with Gasteiger partial charge in [-0.2, -0.15) is 0 Å². The van der Waals surface area contributed by atoms with Gasteiger partial charge in [0.15, 0.2) is 5.13 Å². The molecule has 0 saturated carbocycles. The van der Waals surface area contributed by atoms with Crippen LogP contribution in [-0.4, -0.2) is 23.4 Å². The average molecular weight is 416 g/mol. The van der Waals surface area contributed by atoms with Crippen LogP contribution in [0.4, 0.5) is 5.13 Å². The summed E-state index contributed by atoms with van der Waals surface area (Å²) < 4.78 is 5.55. The Kier molecular flexibility index (Phi) is 6.78. The Bertz CT molecular complexity index is 951. The zero-order valence-corrected chi connectivity index (χ0v) is 17.3. The van der Waals surface area contributed by atoms with E-state index in [9.17, 15) is 9.59 Å². The highest BCUT2D eigenvalue weighted by Gasteiger charge is 2.14. The molecule has 0 radical (unpaired) electrons. The molecule has 0 saturated heterocycles. The van der Waals surface area contributed by atoms with E-state index in [4.69, 9.17) is 4.74 Å². The molecule has 6 nitrogen and oxygen atoms in total. The molecule has 2 heterocycles. The van der Waals surface area contributed by atoms with Crippen LogP contribution in [0.5, 0.6) is 5.75 Å². The number of nitrogens with one attached hydrogen (secondary N) is 2. The van der Waals surface area contributed by atoms with E-state index in [1.807, 2.05) is 49.4 Å². The number of ether oxygens (including phenoxy) is 1. The van der Waals surface area contributed by atoms with Crippen molar-refractivity contribution in [1.29, 1.82) is 0 Å². The number of amides is 2. The minimum Gasteiger partial charge on any atom is -0.493 e. The number of thiophene rings is 1. The van der Waals surface area contributed by atoms with Crippen LogP contribution >= 0.6 is 22.7 Å². The SMILES string of the molecule is CC(=O)NCc1ccc(-c2nc(NC(=O)CCOc3ccccc3)sc2C)s1. The molecule has 0 spiro atoms. The number of hydrogen-bond donors (Lipinski definition) is 2. The van der Waals surface area contributed by atoms with Gasteiger partial charge in [0.1, 0.15) is 5.75 Å². The van der Waals surface area contributed by atoms with E-state index in [-0.39, 0.29) is 18.2 Å². The number of para-hydroxylation sites is 1. The third kappa shape index (κ3) is 5.64. The number of aryl methyl sites for hydroxylation is 1. The number of hydrogen-bond acceptors (Lipinski definition) is 6. The molecule has 2 N–H and O–H groups in total. The summed E-state index contributed by atoms with van der Waals surface area (Å²) >= 11 is 3.03. The van der Waals surface area contributed by atoms with Crippen LogP contribution in [0.3, 0.4) is 0 Å². The van der Waals surface area contributed by atoms with Crippen molar-refractivity contribution >= 4 is 39.6 Å². The number of benzene rings is 1. The van der Waals surface area contributed by atoms with Crippen molar-refractivity contribution in [1.82, 2.24) is 10.3 Å². The van der Waals surface area contributed by atoms with Crippen LogP contribution < -0.4 is 15.4 Å². The smallest absolute Gasteiger partial charge is 0.229 e. The van der Waals surface area contributed by atoms with Gasteiger partial charge in [0, 0.05) is 16.7 Å². The van der Waals surface area contributed by atoms with E-state index in [0.29, 0.717) is 18.3 Å². The summed E-state index contributed by atoms with van der Waals surface area (Å²) in [6.45, 7) is 4.30. The molecule has 146 valence electrons. The first-order valence-corrected chi connectivity index (χ1v) is 10.4. The molecular weight excluding hydrogens is 394 g/mol. The van der Waals surface area contributed by atoms with E-state index in [0.717, 1.165) is 26.1 Å². The maximum Gasteiger partial charge on any atom is 0.229 e. The molecule has 0 atom stereocenters. The highest BCUT2D eigenvalue weighted by atomic mass is 32.1. The summed E-state index contributed by atoms with van der Waals surface area (Å²) in [5.74, 6) is 0.560. The van der Waals surface area contributed by atoms with Gasteiger partial charge >= 0.3 is 0 Å². The van der Waals surface area contributed by atoms with Gasteiger partial charge in [0.2, 0.25) is 11.8 Å². The Morgan fingerprint density at radius 2 is 1.89 bits per heavy atom. The van der Waals surface area contributed by atoms with Gasteiger partial charge in [0.25, 0.3) is 0 Å². The average Bonchev–Trinajstić information content (AvgIpc) is 3.27. The number of rotatable bonds is 8. The third-order valence-corrected chi connectivity index (χ3v) is 5.77. The van der Waals surface area contributed by atoms with Gasteiger partial charge in [-0.1, -0.05) is 18.2 Å². The summed E-state index contributed by atoms with van der Waals surface area (Å²) in [5.41, 5.74) is 0.861. The van der Waals surface area contributed by atoms with Crippen LogP contribution in [0.2, 0.25) is 0 Å². The summed E-state index contributed by atoms with van der Waals surface area (Å²) in [5, 5.41) is 6.21. The minimum atomic E-state index is -0.131. The highest BCUT2D eigenvalue weighted by molar-refractivity contribution is 7.18. The number of aromatic nitrogens is 1. The Balaban J connectivity index is 1.54. The monoisotopic (exact) mass is 415 g/mol. The molecule has 1 aromatic carbocycles. The van der Waals surface area contributed by atoms with Crippen molar-refractivity contribution in [3.63, 3.8) is 0 Å². The summed E-state index contributed by atoms with van der Waals surface area (Å²) in [6, 6.07) is 13.4. The molecule has 2 amide bonds. The predicted octanol–water partition coefficient (Wildman–Crippen LogP) is 4.22. The molecule has 0 fully saturated rings. The highest BCUT2D eigenvalue weighted by Crippen LogP contribution is 2.34. The summed E-state index contributed by atoms with van der Waals surface area (Å²) in [7, 11) is 0. The summed E-state index contributed by atoms with van der Waals surface area (Å²) in [4.78, 5) is 30.9. The number of thiazole rings is 1. The molecule has 0 bridgehead atoms. The molecule has 3 aromatic rings. The van der Waals surface area contributed by atoms with Gasteiger partial charge in [0.05, 0.1) is 30.1 Å². The minimum absolute atomic E-state index is 0.0546. The van der Waals surface area contributed by atoms with Crippen molar-refractivity contribution in [2.45, 2.75) is 26.8 Å². The first kappa shape index (κ1) is 20.0. The molecule has 8 heteroatoms. The van der Waals surface area contributed by atoms with E-state index in [1.54, 1.807) is 11.3 Å². The largest absolute Gasteiger partial charge is 0.493 e. The van der Waals surface area contributed by atoms with Crippen molar-refractivity contribution in [3.8, 4) is 16.3 Å². The van der Waals surface area contributed by atoms with Crippen LogP contribution in [0.25, 0.3) is 10.6 Å². The molecule has 0 aliphatic rings. The number of carbonyl (C=O) groups excluding carboxylic acids is 2. The van der Waals surface area contributed by atoms with E-state index in [2.05, 4.69) is 15.6 Å². The first-order valence-electron chi connectivity index (χ1n) is 8.80. The lowest BCUT2D eigenvalue weighted by atomic mass is 10.3. The second kappa shape index (κ2) is 9.48. The fourth-order valence-corrected chi connectivity index (χ4v) is 4.35. The van der Waals surface area contributed by atoms with Crippen LogP contribution in [-0.2, 0) is 16.1 Å². The maximum atomic E-state index is 12.2.